The third-order valence-corrected chi connectivity index (χ3v) is 3.27. The predicted octanol–water partition coefficient (Wildman–Crippen LogP) is -0.0363. The molecule has 94 valence electrons. The Morgan fingerprint density at radius 2 is 2.06 bits per heavy atom. The zero-order valence-corrected chi connectivity index (χ0v) is 9.75. The molecule has 1 amide bonds. The third kappa shape index (κ3) is 1.91. The summed E-state index contributed by atoms with van der Waals surface area (Å²) in [5.41, 5.74) is 7.33. The summed E-state index contributed by atoms with van der Waals surface area (Å²) < 4.78 is 0. The maximum Gasteiger partial charge on any atom is 0.323 e. The normalized spacial score (nSPS) is 16.7. The molecule has 1 aliphatic carbocycles. The molecule has 1 aromatic heterocycles. The van der Waals surface area contributed by atoms with Crippen LogP contribution < -0.4 is 16.7 Å². The number of hydrogen-bond donors (Lipinski definition) is 4. The molecule has 1 saturated carbocycles. The van der Waals surface area contributed by atoms with Gasteiger partial charge < -0.3 is 21.0 Å². The van der Waals surface area contributed by atoms with E-state index in [-0.39, 0.29) is 11.6 Å². The van der Waals surface area contributed by atoms with Crippen molar-refractivity contribution in [2.24, 2.45) is 5.73 Å². The number of hydrogen-bond acceptors (Lipinski definition) is 3. The molecule has 1 aliphatic rings. The highest BCUT2D eigenvalue weighted by Gasteiger charge is 2.45. The molecule has 6 nitrogen and oxygen atoms in total. The Bertz CT molecular complexity index is 666. The average Bonchev–Trinajstić information content (AvgIpc) is 2.98. The van der Waals surface area contributed by atoms with E-state index in [1.807, 2.05) is 18.2 Å². The van der Waals surface area contributed by atoms with Gasteiger partial charge in [-0.1, -0.05) is 6.07 Å². The van der Waals surface area contributed by atoms with E-state index in [0.29, 0.717) is 6.54 Å². The molecule has 2 aromatic rings. The first-order valence-corrected chi connectivity index (χ1v) is 5.85. The summed E-state index contributed by atoms with van der Waals surface area (Å²) >= 11 is 0. The molecule has 0 atom stereocenters. The van der Waals surface area contributed by atoms with Crippen LogP contribution in [-0.2, 0) is 11.3 Å². The highest BCUT2D eigenvalue weighted by Crippen LogP contribution is 2.32. The quantitative estimate of drug-likeness (QED) is 0.611. The van der Waals surface area contributed by atoms with E-state index in [1.54, 1.807) is 0 Å². The number of aromatic amines is 2. The predicted molar refractivity (Wildman–Crippen MR) is 66.9 cm³/mol. The molecule has 18 heavy (non-hydrogen) atoms. The number of benzene rings is 1. The molecule has 6 heteroatoms. The summed E-state index contributed by atoms with van der Waals surface area (Å²) in [5, 5.41) is 2.81. The zero-order valence-electron chi connectivity index (χ0n) is 9.75. The van der Waals surface area contributed by atoms with E-state index in [9.17, 15) is 9.59 Å². The molecule has 0 saturated heterocycles. The van der Waals surface area contributed by atoms with Gasteiger partial charge >= 0.3 is 5.69 Å². The Hall–Kier alpha value is -2.08. The highest BCUT2D eigenvalue weighted by atomic mass is 16.2. The zero-order chi connectivity index (χ0) is 12.8. The highest BCUT2D eigenvalue weighted by molar-refractivity contribution is 5.89. The van der Waals surface area contributed by atoms with Crippen LogP contribution in [0.15, 0.2) is 23.0 Å². The van der Waals surface area contributed by atoms with Gasteiger partial charge in [0.15, 0.2) is 0 Å². The first-order chi connectivity index (χ1) is 8.57. The fraction of sp³-hybridized carbons (Fsp3) is 0.333. The molecule has 3 rings (SSSR count). The Morgan fingerprint density at radius 1 is 1.33 bits per heavy atom. The molecule has 0 spiro atoms. The van der Waals surface area contributed by atoms with Crippen LogP contribution in [0.5, 0.6) is 0 Å². The molecular formula is C12H14N4O2. The lowest BCUT2D eigenvalue weighted by atomic mass is 10.2. The van der Waals surface area contributed by atoms with Gasteiger partial charge in [0.25, 0.3) is 0 Å². The van der Waals surface area contributed by atoms with Gasteiger partial charge in [-0.3, -0.25) is 4.79 Å². The molecule has 1 aromatic carbocycles. The number of amides is 1. The fourth-order valence-electron chi connectivity index (χ4n) is 1.91. The van der Waals surface area contributed by atoms with Crippen LogP contribution >= 0.6 is 0 Å². The van der Waals surface area contributed by atoms with Gasteiger partial charge in [-0.2, -0.15) is 0 Å². The number of nitrogens with two attached hydrogens (primary N) is 1. The summed E-state index contributed by atoms with van der Waals surface area (Å²) in [6.07, 6.45) is 1.51. The van der Waals surface area contributed by atoms with Crippen LogP contribution in [-0.4, -0.2) is 21.4 Å². The van der Waals surface area contributed by atoms with E-state index < -0.39 is 5.54 Å². The lowest BCUT2D eigenvalue weighted by Crippen LogP contribution is -2.42. The van der Waals surface area contributed by atoms with Gasteiger partial charge in [0.05, 0.1) is 16.6 Å². The summed E-state index contributed by atoms with van der Waals surface area (Å²) in [7, 11) is 0. The van der Waals surface area contributed by atoms with Crippen molar-refractivity contribution in [2.45, 2.75) is 24.9 Å². The van der Waals surface area contributed by atoms with Crippen molar-refractivity contribution in [3.05, 3.63) is 34.2 Å². The van der Waals surface area contributed by atoms with Gasteiger partial charge in [-0.05, 0) is 30.5 Å². The van der Waals surface area contributed by atoms with Gasteiger partial charge in [0.2, 0.25) is 5.91 Å². The number of carbonyl (C=O) groups excluding carboxylic acids is 1. The first kappa shape index (κ1) is 11.0. The molecule has 0 bridgehead atoms. The molecule has 1 fully saturated rings. The number of aromatic nitrogens is 2. The van der Waals surface area contributed by atoms with Gasteiger partial charge in [-0.15, -0.1) is 0 Å². The largest absolute Gasteiger partial charge is 0.350 e. The maximum atomic E-state index is 11.7. The monoisotopic (exact) mass is 246 g/mol. The van der Waals surface area contributed by atoms with Gasteiger partial charge in [0.1, 0.15) is 0 Å². The average molecular weight is 246 g/mol. The topological polar surface area (TPSA) is 104 Å². The second-order valence-corrected chi connectivity index (χ2v) is 4.80. The van der Waals surface area contributed by atoms with E-state index in [4.69, 9.17) is 5.73 Å². The molecule has 0 unspecified atom stereocenters. The van der Waals surface area contributed by atoms with Crippen LogP contribution in [0.25, 0.3) is 11.0 Å². The minimum absolute atomic E-state index is 0.106. The standard InChI is InChI=1S/C12H14N4O2/c13-12(3-4-12)10(17)14-6-7-1-2-8-9(5-7)16-11(18)15-8/h1-2,5H,3-4,6,13H2,(H,14,17)(H2,15,16,18). The smallest absolute Gasteiger partial charge is 0.323 e. The summed E-state index contributed by atoms with van der Waals surface area (Å²) in [6, 6.07) is 5.51. The Labute approximate surface area is 103 Å². The molecule has 0 radical (unpaired) electrons. The van der Waals surface area contributed by atoms with Crippen LogP contribution in [0.4, 0.5) is 0 Å². The second-order valence-electron chi connectivity index (χ2n) is 4.80. The summed E-state index contributed by atoms with van der Waals surface area (Å²) in [4.78, 5) is 28.1. The Kier molecular flexibility index (Phi) is 2.27. The van der Waals surface area contributed by atoms with Crippen molar-refractivity contribution in [3.8, 4) is 0 Å². The van der Waals surface area contributed by atoms with Crippen LogP contribution in [0.2, 0.25) is 0 Å². The number of H-pyrrole nitrogens is 2. The third-order valence-electron chi connectivity index (χ3n) is 3.27. The van der Waals surface area contributed by atoms with Crippen molar-refractivity contribution in [3.63, 3.8) is 0 Å². The van der Waals surface area contributed by atoms with Crippen LogP contribution in [0.1, 0.15) is 18.4 Å². The molecule has 0 aliphatic heterocycles. The molecular weight excluding hydrogens is 232 g/mol. The fourth-order valence-corrected chi connectivity index (χ4v) is 1.91. The van der Waals surface area contributed by atoms with Gasteiger partial charge in [-0.25, -0.2) is 4.79 Å². The molecule has 5 N–H and O–H groups in total. The van der Waals surface area contributed by atoms with Crippen molar-refractivity contribution < 1.29 is 4.79 Å². The summed E-state index contributed by atoms with van der Waals surface area (Å²) in [5.74, 6) is -0.106. The lowest BCUT2D eigenvalue weighted by molar-refractivity contribution is -0.123. The Morgan fingerprint density at radius 3 is 2.78 bits per heavy atom. The first-order valence-electron chi connectivity index (χ1n) is 5.85. The lowest BCUT2D eigenvalue weighted by Gasteiger charge is -2.09. The number of carbonyl (C=O) groups is 1. The van der Waals surface area contributed by atoms with Gasteiger partial charge in [0, 0.05) is 6.54 Å². The van der Waals surface area contributed by atoms with E-state index in [2.05, 4.69) is 15.3 Å². The minimum atomic E-state index is -0.646. The van der Waals surface area contributed by atoms with Crippen molar-refractivity contribution in [1.29, 1.82) is 0 Å². The number of rotatable bonds is 3. The van der Waals surface area contributed by atoms with Crippen molar-refractivity contribution in [2.75, 3.05) is 0 Å². The minimum Gasteiger partial charge on any atom is -0.350 e. The van der Waals surface area contributed by atoms with E-state index >= 15 is 0 Å². The van der Waals surface area contributed by atoms with Crippen molar-refractivity contribution >= 4 is 16.9 Å². The van der Waals surface area contributed by atoms with E-state index in [0.717, 1.165) is 29.4 Å². The van der Waals surface area contributed by atoms with Crippen LogP contribution in [0, 0.1) is 0 Å². The van der Waals surface area contributed by atoms with Crippen molar-refractivity contribution in [1.82, 2.24) is 15.3 Å². The second kappa shape index (κ2) is 3.71. The number of fused-ring (bicyclic) bond motifs is 1. The SMILES string of the molecule is NC1(C(=O)NCc2ccc3[nH]c(=O)[nH]c3c2)CC1. The Balaban J connectivity index is 1.74. The molecule has 1 heterocycles. The van der Waals surface area contributed by atoms with E-state index in [1.165, 1.54) is 0 Å². The number of nitrogens with one attached hydrogen (secondary N) is 3. The number of imidazole rings is 1. The summed E-state index contributed by atoms with van der Waals surface area (Å²) in [6.45, 7) is 0.418. The van der Waals surface area contributed by atoms with Crippen LogP contribution in [0.3, 0.4) is 0 Å². The maximum absolute atomic E-state index is 11.7.